The number of rotatable bonds is 5. The Balaban J connectivity index is 1.41. The van der Waals surface area contributed by atoms with Gasteiger partial charge in [0.25, 0.3) is 0 Å². The lowest BCUT2D eigenvalue weighted by Crippen LogP contribution is -2.32. The van der Waals surface area contributed by atoms with E-state index < -0.39 is 0 Å². The Hall–Kier alpha value is -1.75. The molecule has 0 spiro atoms. The minimum absolute atomic E-state index is 1.02. The Morgan fingerprint density at radius 1 is 1.12 bits per heavy atom. The van der Waals surface area contributed by atoms with Crippen molar-refractivity contribution in [3.05, 3.63) is 64.8 Å². The molecule has 2 heterocycles. The molecule has 1 aromatic heterocycles. The average molecular weight is 352 g/mol. The highest BCUT2D eigenvalue weighted by Gasteiger charge is 2.17. The van der Waals surface area contributed by atoms with Gasteiger partial charge in [0.15, 0.2) is 0 Å². The van der Waals surface area contributed by atoms with Gasteiger partial charge in [-0.15, -0.1) is 0 Å². The zero-order chi connectivity index (χ0) is 17.2. The Bertz CT molecular complexity index is 868. The van der Waals surface area contributed by atoms with Crippen LogP contribution < -0.4 is 0 Å². The van der Waals surface area contributed by atoms with Gasteiger partial charge in [-0.05, 0) is 54.8 Å². The molecular weight excluding hydrogens is 326 g/mol. The van der Waals surface area contributed by atoms with E-state index in [1.165, 1.54) is 32.5 Å². The van der Waals surface area contributed by atoms with Gasteiger partial charge in [0, 0.05) is 38.0 Å². The second kappa shape index (κ2) is 7.24. The molecule has 4 heteroatoms. The van der Waals surface area contributed by atoms with E-state index in [-0.39, 0.29) is 0 Å². The lowest BCUT2D eigenvalue weighted by atomic mass is 9.97. The van der Waals surface area contributed by atoms with Gasteiger partial charge in [0.2, 0.25) is 0 Å². The molecule has 3 aromatic rings. The third kappa shape index (κ3) is 3.76. The first kappa shape index (κ1) is 16.7. The van der Waals surface area contributed by atoms with E-state index in [0.29, 0.717) is 0 Å². The Labute approximate surface area is 154 Å². The van der Waals surface area contributed by atoms with E-state index in [4.69, 9.17) is 0 Å². The Morgan fingerprint density at radius 3 is 2.88 bits per heavy atom. The number of fused-ring (bicyclic) bond motifs is 2. The van der Waals surface area contributed by atoms with Crippen LogP contribution in [0.5, 0.6) is 0 Å². The van der Waals surface area contributed by atoms with Crippen molar-refractivity contribution < 1.29 is 0 Å². The highest BCUT2D eigenvalue weighted by molar-refractivity contribution is 7.13. The van der Waals surface area contributed by atoms with Gasteiger partial charge < -0.3 is 4.90 Å². The van der Waals surface area contributed by atoms with Gasteiger partial charge in [-0.2, -0.15) is 4.37 Å². The van der Waals surface area contributed by atoms with Crippen LogP contribution in [0.1, 0.15) is 22.4 Å². The highest BCUT2D eigenvalue weighted by Crippen LogP contribution is 2.24. The molecule has 3 nitrogen and oxygen atoms in total. The molecule has 130 valence electrons. The maximum absolute atomic E-state index is 4.67. The van der Waals surface area contributed by atoms with Crippen molar-refractivity contribution >= 4 is 21.6 Å². The molecule has 0 N–H and O–H groups in total. The minimum Gasteiger partial charge on any atom is -0.305 e. The zero-order valence-corrected chi connectivity index (χ0v) is 15.9. The van der Waals surface area contributed by atoms with Crippen molar-refractivity contribution in [1.82, 2.24) is 14.2 Å². The maximum atomic E-state index is 4.67. The first-order chi connectivity index (χ1) is 12.2. The van der Waals surface area contributed by atoms with Crippen LogP contribution in [0.25, 0.3) is 10.1 Å². The monoisotopic (exact) mass is 351 g/mol. The number of benzene rings is 2. The smallest absolute Gasteiger partial charge is 0.0633 e. The molecule has 0 fully saturated rings. The van der Waals surface area contributed by atoms with Crippen LogP contribution in [-0.4, -0.2) is 41.4 Å². The SMILES string of the molecule is CN(C)Cc1ccc2c(c1)CCN(CCc1nsc3ccccc13)C2. The van der Waals surface area contributed by atoms with E-state index in [9.17, 15) is 0 Å². The molecule has 0 saturated heterocycles. The van der Waals surface area contributed by atoms with Gasteiger partial charge in [-0.1, -0.05) is 36.4 Å². The van der Waals surface area contributed by atoms with Crippen molar-refractivity contribution in [3.8, 4) is 0 Å². The first-order valence-electron chi connectivity index (χ1n) is 9.00. The number of hydrogen-bond acceptors (Lipinski definition) is 4. The fourth-order valence-electron chi connectivity index (χ4n) is 3.70. The summed E-state index contributed by atoms with van der Waals surface area (Å²) in [6.07, 6.45) is 2.20. The summed E-state index contributed by atoms with van der Waals surface area (Å²) in [5.74, 6) is 0. The number of hydrogen-bond donors (Lipinski definition) is 0. The van der Waals surface area contributed by atoms with Gasteiger partial charge in [-0.3, -0.25) is 4.90 Å². The second-order valence-electron chi connectivity index (χ2n) is 7.24. The summed E-state index contributed by atoms with van der Waals surface area (Å²) in [5, 5.41) is 1.33. The molecule has 0 saturated carbocycles. The average Bonchev–Trinajstić information content (AvgIpc) is 3.02. The van der Waals surface area contributed by atoms with Crippen molar-refractivity contribution in [2.24, 2.45) is 0 Å². The normalized spacial score (nSPS) is 15.0. The fraction of sp³-hybridized carbons (Fsp3) is 0.381. The fourth-order valence-corrected chi connectivity index (χ4v) is 4.52. The van der Waals surface area contributed by atoms with Gasteiger partial charge in [-0.25, -0.2) is 0 Å². The van der Waals surface area contributed by atoms with Gasteiger partial charge >= 0.3 is 0 Å². The molecule has 25 heavy (non-hydrogen) atoms. The summed E-state index contributed by atoms with van der Waals surface area (Å²) in [4.78, 5) is 4.80. The summed E-state index contributed by atoms with van der Waals surface area (Å²) in [5.41, 5.74) is 5.71. The Kier molecular flexibility index (Phi) is 4.84. The van der Waals surface area contributed by atoms with Crippen LogP contribution in [0, 0.1) is 0 Å². The van der Waals surface area contributed by atoms with E-state index >= 15 is 0 Å². The molecule has 0 atom stereocenters. The molecule has 0 bridgehead atoms. The molecule has 1 aliphatic rings. The molecule has 0 unspecified atom stereocenters. The first-order valence-corrected chi connectivity index (χ1v) is 9.77. The predicted molar refractivity (Wildman–Crippen MR) is 106 cm³/mol. The summed E-state index contributed by atoms with van der Waals surface area (Å²) in [6.45, 7) is 4.33. The molecule has 2 aromatic carbocycles. The van der Waals surface area contributed by atoms with Crippen LogP contribution in [0.15, 0.2) is 42.5 Å². The molecule has 4 rings (SSSR count). The molecule has 0 amide bonds. The zero-order valence-electron chi connectivity index (χ0n) is 15.0. The summed E-state index contributed by atoms with van der Waals surface area (Å²) in [7, 11) is 4.26. The highest BCUT2D eigenvalue weighted by atomic mass is 32.1. The standard InChI is InChI=1S/C21H25N3S/c1-23(2)14-16-7-8-18-15-24(11-9-17(18)13-16)12-10-20-19-5-3-4-6-21(19)25-22-20/h3-8,13H,9-12,14-15H2,1-2H3. The maximum Gasteiger partial charge on any atom is 0.0633 e. The molecular formula is C21H25N3S. The van der Waals surface area contributed by atoms with E-state index in [0.717, 1.165) is 39.0 Å². The van der Waals surface area contributed by atoms with Crippen LogP contribution >= 0.6 is 11.5 Å². The van der Waals surface area contributed by atoms with Crippen LogP contribution in [0.2, 0.25) is 0 Å². The summed E-state index contributed by atoms with van der Waals surface area (Å²) in [6, 6.07) is 15.6. The molecule has 1 aliphatic heterocycles. The van der Waals surface area contributed by atoms with Crippen LogP contribution in [0.4, 0.5) is 0 Å². The van der Waals surface area contributed by atoms with Crippen LogP contribution in [-0.2, 0) is 25.9 Å². The van der Waals surface area contributed by atoms with Gasteiger partial charge in [0.1, 0.15) is 0 Å². The second-order valence-corrected chi connectivity index (χ2v) is 8.05. The van der Waals surface area contributed by atoms with E-state index in [1.54, 1.807) is 11.5 Å². The third-order valence-electron chi connectivity index (χ3n) is 4.98. The van der Waals surface area contributed by atoms with Crippen molar-refractivity contribution in [3.63, 3.8) is 0 Å². The number of nitrogens with zero attached hydrogens (tertiary/aromatic N) is 3. The minimum atomic E-state index is 1.02. The topological polar surface area (TPSA) is 19.4 Å². The lowest BCUT2D eigenvalue weighted by Gasteiger charge is -2.29. The van der Waals surface area contributed by atoms with Crippen molar-refractivity contribution in [2.75, 3.05) is 27.2 Å². The quantitative estimate of drug-likeness (QED) is 0.694. The molecule has 0 aliphatic carbocycles. The van der Waals surface area contributed by atoms with Crippen LogP contribution in [0.3, 0.4) is 0 Å². The van der Waals surface area contributed by atoms with E-state index in [1.807, 2.05) is 0 Å². The summed E-state index contributed by atoms with van der Waals surface area (Å²) >= 11 is 1.62. The predicted octanol–water partition coefficient (Wildman–Crippen LogP) is 3.96. The molecule has 0 radical (unpaired) electrons. The Morgan fingerprint density at radius 2 is 2.00 bits per heavy atom. The third-order valence-corrected chi connectivity index (χ3v) is 5.84. The summed E-state index contributed by atoms with van der Waals surface area (Å²) < 4.78 is 5.97. The largest absolute Gasteiger partial charge is 0.305 e. The lowest BCUT2D eigenvalue weighted by molar-refractivity contribution is 0.257. The van der Waals surface area contributed by atoms with Crippen molar-refractivity contribution in [1.29, 1.82) is 0 Å². The van der Waals surface area contributed by atoms with Gasteiger partial charge in [0.05, 0.1) is 10.4 Å². The van der Waals surface area contributed by atoms with E-state index in [2.05, 4.69) is 70.7 Å². The van der Waals surface area contributed by atoms with Crippen molar-refractivity contribution in [2.45, 2.75) is 25.9 Å². The number of aromatic nitrogens is 1.